The molecule has 0 aliphatic carbocycles. The van der Waals surface area contributed by atoms with Crippen molar-refractivity contribution in [3.63, 3.8) is 0 Å². The normalized spacial score (nSPS) is 12.5. The van der Waals surface area contributed by atoms with E-state index < -0.39 is 0 Å². The van der Waals surface area contributed by atoms with Gasteiger partial charge in [0, 0.05) is 19.0 Å². The van der Waals surface area contributed by atoms with E-state index in [2.05, 4.69) is 24.3 Å². The van der Waals surface area contributed by atoms with Gasteiger partial charge in [0.15, 0.2) is 0 Å². The van der Waals surface area contributed by atoms with Crippen molar-refractivity contribution >= 4 is 39.9 Å². The molecule has 21 heavy (non-hydrogen) atoms. The highest BCUT2D eigenvalue weighted by Gasteiger charge is 2.18. The molecular weight excluding hydrogens is 308 g/mol. The second kappa shape index (κ2) is 7.24. The molecule has 7 heteroatoms. The van der Waals surface area contributed by atoms with Crippen LogP contribution in [0, 0.1) is 5.92 Å². The van der Waals surface area contributed by atoms with E-state index in [1.807, 2.05) is 24.7 Å². The molecule has 0 spiro atoms. The molecule has 2 rings (SSSR count). The Morgan fingerprint density at radius 2 is 2.14 bits per heavy atom. The minimum atomic E-state index is -0.0267. The molecule has 3 N–H and O–H groups in total. The molecule has 0 saturated carbocycles. The number of amides is 1. The summed E-state index contributed by atoms with van der Waals surface area (Å²) in [6.07, 6.45) is 0. The van der Waals surface area contributed by atoms with Crippen LogP contribution in [0.25, 0.3) is 10.2 Å². The van der Waals surface area contributed by atoms with E-state index in [0.717, 1.165) is 20.8 Å². The molecule has 0 aliphatic rings. The molecular formula is C14H23ClN4OS. The number of nitrogens with one attached hydrogen (secondary N) is 1. The van der Waals surface area contributed by atoms with Gasteiger partial charge in [0.1, 0.15) is 4.83 Å². The lowest BCUT2D eigenvalue weighted by molar-refractivity contribution is 0.0952. The molecule has 0 aliphatic heterocycles. The molecule has 2 aromatic heterocycles. The van der Waals surface area contributed by atoms with Gasteiger partial charge in [-0.1, -0.05) is 20.8 Å². The summed E-state index contributed by atoms with van der Waals surface area (Å²) in [6.45, 7) is 7.43. The summed E-state index contributed by atoms with van der Waals surface area (Å²) in [7, 11) is 1.92. The van der Waals surface area contributed by atoms with Crippen LogP contribution in [0.3, 0.4) is 0 Å². The fourth-order valence-corrected chi connectivity index (χ4v) is 3.04. The van der Waals surface area contributed by atoms with E-state index in [0.29, 0.717) is 24.9 Å². The van der Waals surface area contributed by atoms with E-state index in [1.165, 1.54) is 11.3 Å². The topological polar surface area (TPSA) is 72.9 Å². The van der Waals surface area contributed by atoms with Crippen LogP contribution in [0.4, 0.5) is 0 Å². The average Bonchev–Trinajstić information content (AvgIpc) is 2.96. The Balaban J connectivity index is 0.00000220. The van der Waals surface area contributed by atoms with Gasteiger partial charge in [-0.05, 0) is 24.4 Å². The summed E-state index contributed by atoms with van der Waals surface area (Å²) in [4.78, 5) is 13.9. The molecule has 118 valence electrons. The molecule has 0 fully saturated rings. The number of rotatable bonds is 5. The number of carbonyl (C=O) groups is 1. The van der Waals surface area contributed by atoms with Gasteiger partial charge in [-0.3, -0.25) is 9.48 Å². The van der Waals surface area contributed by atoms with E-state index >= 15 is 0 Å². The zero-order valence-electron chi connectivity index (χ0n) is 12.8. The molecule has 0 bridgehead atoms. The lowest BCUT2D eigenvalue weighted by Gasteiger charge is -2.08. The summed E-state index contributed by atoms with van der Waals surface area (Å²) < 4.78 is 1.86. The molecule has 0 radical (unpaired) electrons. The number of thiophene rings is 1. The van der Waals surface area contributed by atoms with Crippen LogP contribution in [-0.2, 0) is 7.05 Å². The summed E-state index contributed by atoms with van der Waals surface area (Å²) in [5.41, 5.74) is 6.60. The number of aryl methyl sites for hydroxylation is 1. The molecule has 0 saturated heterocycles. The van der Waals surface area contributed by atoms with Crippen LogP contribution in [0.15, 0.2) is 6.07 Å². The quantitative estimate of drug-likeness (QED) is 0.884. The van der Waals surface area contributed by atoms with Crippen LogP contribution in [0.2, 0.25) is 0 Å². The van der Waals surface area contributed by atoms with Gasteiger partial charge in [-0.25, -0.2) is 0 Å². The molecule has 1 amide bonds. The summed E-state index contributed by atoms with van der Waals surface area (Å²) in [5.74, 6) is 0.615. The second-order valence-electron chi connectivity index (χ2n) is 5.54. The number of nitrogens with two attached hydrogens (primary N) is 1. The first-order valence-electron chi connectivity index (χ1n) is 6.88. The predicted molar refractivity (Wildman–Crippen MR) is 90.5 cm³/mol. The Kier molecular flexibility index (Phi) is 6.19. The summed E-state index contributed by atoms with van der Waals surface area (Å²) in [5, 5.41) is 8.53. The zero-order chi connectivity index (χ0) is 14.9. The Morgan fingerprint density at radius 1 is 1.48 bits per heavy atom. The Bertz CT molecular complexity index is 620. The number of aromatic nitrogens is 2. The van der Waals surface area contributed by atoms with E-state index in [9.17, 15) is 4.79 Å². The first-order valence-corrected chi connectivity index (χ1v) is 7.70. The van der Waals surface area contributed by atoms with Crippen LogP contribution < -0.4 is 11.1 Å². The summed E-state index contributed by atoms with van der Waals surface area (Å²) >= 11 is 1.49. The molecule has 1 unspecified atom stereocenters. The van der Waals surface area contributed by atoms with Crippen molar-refractivity contribution in [1.82, 2.24) is 15.1 Å². The SMILES string of the molecule is CC(CN)CNC(=O)c1cc2c(C(C)C)nn(C)c2s1.Cl. The van der Waals surface area contributed by atoms with E-state index in [4.69, 9.17) is 5.73 Å². The monoisotopic (exact) mass is 330 g/mol. The van der Waals surface area contributed by atoms with Crippen molar-refractivity contribution in [3.8, 4) is 0 Å². The first-order chi connectivity index (χ1) is 9.43. The highest BCUT2D eigenvalue weighted by Crippen LogP contribution is 2.31. The fourth-order valence-electron chi connectivity index (χ4n) is 2.04. The molecule has 2 aromatic rings. The maximum Gasteiger partial charge on any atom is 0.261 e. The number of nitrogens with zero attached hydrogens (tertiary/aromatic N) is 2. The van der Waals surface area contributed by atoms with Crippen molar-refractivity contribution in [1.29, 1.82) is 0 Å². The maximum atomic E-state index is 12.2. The van der Waals surface area contributed by atoms with Gasteiger partial charge in [-0.15, -0.1) is 23.7 Å². The van der Waals surface area contributed by atoms with Gasteiger partial charge in [-0.2, -0.15) is 5.10 Å². The lowest BCUT2D eigenvalue weighted by atomic mass is 10.1. The van der Waals surface area contributed by atoms with Crippen molar-refractivity contribution < 1.29 is 4.79 Å². The number of hydrogen-bond acceptors (Lipinski definition) is 4. The second-order valence-corrected chi connectivity index (χ2v) is 6.57. The van der Waals surface area contributed by atoms with Gasteiger partial charge < -0.3 is 11.1 Å². The fraction of sp³-hybridized carbons (Fsp3) is 0.571. The Morgan fingerprint density at radius 3 is 2.71 bits per heavy atom. The van der Waals surface area contributed by atoms with E-state index in [-0.39, 0.29) is 18.3 Å². The predicted octanol–water partition coefficient (Wildman–Crippen LogP) is 2.50. The first kappa shape index (κ1) is 17.9. The lowest BCUT2D eigenvalue weighted by Crippen LogP contribution is -2.30. The Hall–Kier alpha value is -1.11. The molecule has 1 atom stereocenters. The largest absolute Gasteiger partial charge is 0.351 e. The highest BCUT2D eigenvalue weighted by atomic mass is 35.5. The van der Waals surface area contributed by atoms with Crippen molar-refractivity contribution in [2.24, 2.45) is 18.7 Å². The third-order valence-corrected chi connectivity index (χ3v) is 4.52. The number of fused-ring (bicyclic) bond motifs is 1. The number of carbonyl (C=O) groups excluding carboxylic acids is 1. The van der Waals surface area contributed by atoms with Crippen molar-refractivity contribution in [2.75, 3.05) is 13.1 Å². The number of halogens is 1. The zero-order valence-corrected chi connectivity index (χ0v) is 14.5. The van der Waals surface area contributed by atoms with Crippen LogP contribution in [-0.4, -0.2) is 28.8 Å². The van der Waals surface area contributed by atoms with Crippen LogP contribution >= 0.6 is 23.7 Å². The highest BCUT2D eigenvalue weighted by molar-refractivity contribution is 7.20. The van der Waals surface area contributed by atoms with E-state index in [1.54, 1.807) is 0 Å². The third-order valence-electron chi connectivity index (χ3n) is 3.32. The van der Waals surface area contributed by atoms with Crippen molar-refractivity contribution in [2.45, 2.75) is 26.7 Å². The smallest absolute Gasteiger partial charge is 0.261 e. The maximum absolute atomic E-state index is 12.2. The van der Waals surface area contributed by atoms with Crippen molar-refractivity contribution in [3.05, 3.63) is 16.6 Å². The van der Waals surface area contributed by atoms with Crippen LogP contribution in [0.5, 0.6) is 0 Å². The van der Waals surface area contributed by atoms with Gasteiger partial charge in [0.05, 0.1) is 10.6 Å². The average molecular weight is 331 g/mol. The Labute approximate surface area is 135 Å². The van der Waals surface area contributed by atoms with Gasteiger partial charge in [0.2, 0.25) is 0 Å². The number of hydrogen-bond donors (Lipinski definition) is 2. The third kappa shape index (κ3) is 3.75. The molecule has 0 aromatic carbocycles. The minimum Gasteiger partial charge on any atom is -0.351 e. The molecule has 2 heterocycles. The van der Waals surface area contributed by atoms with Gasteiger partial charge in [0.25, 0.3) is 5.91 Å². The van der Waals surface area contributed by atoms with Crippen LogP contribution in [0.1, 0.15) is 42.1 Å². The summed E-state index contributed by atoms with van der Waals surface area (Å²) in [6, 6.07) is 1.95. The minimum absolute atomic E-state index is 0. The standard InChI is InChI=1S/C14H22N4OS.ClH/c1-8(2)12-10-5-11(20-14(10)18(4)17-12)13(19)16-7-9(3)6-15;/h5,8-9H,6-7,15H2,1-4H3,(H,16,19);1H. The van der Waals surface area contributed by atoms with Gasteiger partial charge >= 0.3 is 0 Å². The molecule has 5 nitrogen and oxygen atoms in total.